The van der Waals surface area contributed by atoms with Gasteiger partial charge in [0.25, 0.3) is 5.91 Å². The Bertz CT molecular complexity index is 1320. The predicted molar refractivity (Wildman–Crippen MR) is 139 cm³/mol. The summed E-state index contributed by atoms with van der Waals surface area (Å²) in [6, 6.07) is 10.7. The maximum Gasteiger partial charge on any atom is 0.573 e. The molecule has 0 bridgehead atoms. The van der Waals surface area contributed by atoms with E-state index >= 15 is 0 Å². The molecule has 3 atom stereocenters. The van der Waals surface area contributed by atoms with Crippen molar-refractivity contribution in [2.24, 2.45) is 5.92 Å². The number of carboxylic acids is 1. The van der Waals surface area contributed by atoms with Crippen molar-refractivity contribution in [3.8, 4) is 5.75 Å². The lowest BCUT2D eigenvalue weighted by atomic mass is 9.80. The number of hydrogen-bond acceptors (Lipinski definition) is 4. The minimum Gasteiger partial charge on any atom is -0.481 e. The number of alkyl halides is 3. The lowest BCUT2D eigenvalue weighted by Crippen LogP contribution is -2.53. The summed E-state index contributed by atoms with van der Waals surface area (Å²) in [5.74, 6) is -1.43. The minimum atomic E-state index is -4.82. The summed E-state index contributed by atoms with van der Waals surface area (Å²) >= 11 is 0. The third-order valence-corrected chi connectivity index (χ3v) is 8.58. The van der Waals surface area contributed by atoms with Gasteiger partial charge in [0.05, 0.1) is 12.5 Å². The molecule has 40 heavy (non-hydrogen) atoms. The van der Waals surface area contributed by atoms with Crippen LogP contribution in [0.3, 0.4) is 0 Å². The number of carbonyl (C=O) groups is 3. The second kappa shape index (κ2) is 10.1. The Morgan fingerprint density at radius 3 is 2.30 bits per heavy atom. The van der Waals surface area contributed by atoms with Gasteiger partial charge in [-0.1, -0.05) is 18.6 Å². The highest BCUT2D eigenvalue weighted by Crippen LogP contribution is 2.54. The fraction of sp³-hybridized carbons (Fsp3) is 0.500. The number of ether oxygens (including phenoxy) is 1. The lowest BCUT2D eigenvalue weighted by Gasteiger charge is -2.48. The van der Waals surface area contributed by atoms with Crippen LogP contribution < -0.4 is 9.64 Å². The van der Waals surface area contributed by atoms with Gasteiger partial charge in [0.2, 0.25) is 5.91 Å². The Kier molecular flexibility index (Phi) is 6.74. The van der Waals surface area contributed by atoms with Gasteiger partial charge in [-0.2, -0.15) is 0 Å². The molecule has 0 radical (unpaired) electrons. The highest BCUT2D eigenvalue weighted by molar-refractivity contribution is 6.07. The third-order valence-electron chi connectivity index (χ3n) is 8.58. The van der Waals surface area contributed by atoms with Crippen LogP contribution in [0.25, 0.3) is 0 Å². The van der Waals surface area contributed by atoms with E-state index in [2.05, 4.69) is 10.8 Å². The molecule has 1 aliphatic heterocycles. The number of amides is 2. The van der Waals surface area contributed by atoms with Crippen molar-refractivity contribution in [3.05, 3.63) is 59.2 Å². The number of carbonyl (C=O) groups excluding carboxylic acids is 2. The largest absolute Gasteiger partial charge is 0.573 e. The Hall–Kier alpha value is -3.56. The average molecular weight is 557 g/mol. The van der Waals surface area contributed by atoms with Crippen molar-refractivity contribution in [1.29, 1.82) is 0 Å². The molecular weight excluding hydrogens is 525 g/mol. The molecule has 2 aromatic carbocycles. The van der Waals surface area contributed by atoms with E-state index in [1.54, 1.807) is 4.90 Å². The highest BCUT2D eigenvalue weighted by Gasteiger charge is 2.51. The monoisotopic (exact) mass is 556 g/mol. The van der Waals surface area contributed by atoms with Crippen LogP contribution in [0.1, 0.15) is 91.2 Å². The molecule has 10 heteroatoms. The SMILES string of the molecule is O=C(O)CCC(=O)N(C1CC1)C1c2cc(C3CC3)ccc2N(C(=O)c2ccc(OC(F)(F)F)cc2)C2CCCC21. The summed E-state index contributed by atoms with van der Waals surface area (Å²) in [6.45, 7) is 0. The quantitative estimate of drug-likeness (QED) is 0.419. The summed E-state index contributed by atoms with van der Waals surface area (Å²) in [4.78, 5) is 42.5. The Morgan fingerprint density at radius 2 is 1.68 bits per heavy atom. The van der Waals surface area contributed by atoms with Crippen LogP contribution >= 0.6 is 0 Å². The van der Waals surface area contributed by atoms with Crippen LogP contribution in [-0.2, 0) is 9.59 Å². The van der Waals surface area contributed by atoms with Crippen molar-refractivity contribution < 1.29 is 37.4 Å². The molecule has 4 aliphatic rings. The molecule has 3 aliphatic carbocycles. The van der Waals surface area contributed by atoms with Crippen LogP contribution in [0, 0.1) is 5.92 Å². The first-order valence-electron chi connectivity index (χ1n) is 14.0. The van der Waals surface area contributed by atoms with E-state index in [4.69, 9.17) is 0 Å². The van der Waals surface area contributed by atoms with Gasteiger partial charge in [0, 0.05) is 35.7 Å². The Balaban J connectivity index is 1.39. The molecule has 1 heterocycles. The fourth-order valence-corrected chi connectivity index (χ4v) is 6.60. The number of anilines is 1. The molecule has 6 rings (SSSR count). The van der Waals surface area contributed by atoms with Crippen LogP contribution in [-0.4, -0.2) is 46.2 Å². The van der Waals surface area contributed by atoms with E-state index in [1.165, 1.54) is 17.7 Å². The van der Waals surface area contributed by atoms with Gasteiger partial charge >= 0.3 is 12.3 Å². The number of benzene rings is 2. The molecule has 3 saturated carbocycles. The van der Waals surface area contributed by atoms with Crippen molar-refractivity contribution in [2.45, 2.75) is 88.2 Å². The van der Waals surface area contributed by atoms with Gasteiger partial charge in [-0.15, -0.1) is 13.2 Å². The Labute approximate surface area is 229 Å². The van der Waals surface area contributed by atoms with E-state index < -0.39 is 18.1 Å². The summed E-state index contributed by atoms with van der Waals surface area (Å²) < 4.78 is 41.9. The zero-order valence-electron chi connectivity index (χ0n) is 21.9. The maximum absolute atomic E-state index is 14.0. The van der Waals surface area contributed by atoms with Crippen molar-refractivity contribution in [2.75, 3.05) is 4.90 Å². The van der Waals surface area contributed by atoms with E-state index in [1.807, 2.05) is 17.0 Å². The van der Waals surface area contributed by atoms with Crippen LogP contribution in [0.15, 0.2) is 42.5 Å². The topological polar surface area (TPSA) is 87.2 Å². The van der Waals surface area contributed by atoms with Gasteiger partial charge in [-0.3, -0.25) is 14.4 Å². The molecule has 0 aromatic heterocycles. The molecule has 0 spiro atoms. The fourth-order valence-electron chi connectivity index (χ4n) is 6.60. The van der Waals surface area contributed by atoms with Gasteiger partial charge < -0.3 is 19.6 Å². The third kappa shape index (κ3) is 5.28. The summed E-state index contributed by atoms with van der Waals surface area (Å²) in [7, 11) is 0. The second-order valence-corrected chi connectivity index (χ2v) is 11.4. The molecule has 0 saturated heterocycles. The van der Waals surface area contributed by atoms with Crippen molar-refractivity contribution in [1.82, 2.24) is 4.90 Å². The zero-order chi connectivity index (χ0) is 28.2. The van der Waals surface area contributed by atoms with Gasteiger partial charge in [0.15, 0.2) is 0 Å². The number of halogens is 3. The molecule has 2 amide bonds. The Morgan fingerprint density at radius 1 is 0.950 bits per heavy atom. The summed E-state index contributed by atoms with van der Waals surface area (Å²) in [6.07, 6.45) is 1.26. The maximum atomic E-state index is 14.0. The van der Waals surface area contributed by atoms with E-state index in [-0.39, 0.29) is 54.3 Å². The highest BCUT2D eigenvalue weighted by atomic mass is 19.4. The molecule has 2 aromatic rings. The van der Waals surface area contributed by atoms with E-state index in [0.29, 0.717) is 5.92 Å². The normalized spacial score (nSPS) is 23.8. The summed E-state index contributed by atoms with van der Waals surface area (Å²) in [5.41, 5.74) is 3.06. The molecule has 7 nitrogen and oxygen atoms in total. The number of carboxylic acid groups (broad SMARTS) is 1. The molecular formula is C30H31F3N2O5. The van der Waals surface area contributed by atoms with Crippen LogP contribution in [0.2, 0.25) is 0 Å². The second-order valence-electron chi connectivity index (χ2n) is 11.4. The summed E-state index contributed by atoms with van der Waals surface area (Å²) in [5, 5.41) is 9.22. The number of aliphatic carboxylic acids is 1. The smallest absolute Gasteiger partial charge is 0.481 e. The number of nitrogens with zero attached hydrogens (tertiary/aromatic N) is 2. The predicted octanol–water partition coefficient (Wildman–Crippen LogP) is 6.19. The van der Waals surface area contributed by atoms with Gasteiger partial charge in [-0.25, -0.2) is 0 Å². The number of rotatable bonds is 8. The minimum absolute atomic E-state index is 0.0203. The first-order chi connectivity index (χ1) is 19.1. The molecule has 3 fully saturated rings. The van der Waals surface area contributed by atoms with Crippen LogP contribution in [0.4, 0.5) is 18.9 Å². The van der Waals surface area contributed by atoms with E-state index in [9.17, 15) is 32.7 Å². The van der Waals surface area contributed by atoms with Crippen LogP contribution in [0.5, 0.6) is 5.75 Å². The van der Waals surface area contributed by atoms with Gasteiger partial charge in [-0.05, 0) is 85.9 Å². The average Bonchev–Trinajstić information content (AvgIpc) is 3.84. The first kappa shape index (κ1) is 26.7. The molecule has 1 N–H and O–H groups in total. The van der Waals surface area contributed by atoms with Crippen molar-refractivity contribution >= 4 is 23.5 Å². The van der Waals surface area contributed by atoms with Crippen molar-refractivity contribution in [3.63, 3.8) is 0 Å². The molecule has 3 unspecified atom stereocenters. The molecule has 212 valence electrons. The van der Waals surface area contributed by atoms with E-state index in [0.717, 1.165) is 68.3 Å². The van der Waals surface area contributed by atoms with Gasteiger partial charge in [0.1, 0.15) is 5.75 Å². The zero-order valence-corrected chi connectivity index (χ0v) is 21.9. The number of fused-ring (bicyclic) bond motifs is 2. The lowest BCUT2D eigenvalue weighted by molar-refractivity contribution is -0.274. The first-order valence-corrected chi connectivity index (χ1v) is 14.0. The standard InChI is InChI=1S/C30H31F3N2O5/c31-30(32,33)40-21-11-6-18(7-12-21)29(39)35-24-3-1-2-22(24)28(23-16-19(17-4-5-17)8-13-25(23)35)34(20-9-10-20)26(36)14-15-27(37)38/h6-8,11-13,16-17,20,22,24,28H,1-5,9-10,14-15H2,(H,37,38). The number of hydrogen-bond donors (Lipinski definition) is 1.